The van der Waals surface area contributed by atoms with Gasteiger partial charge in [-0.15, -0.1) is 11.3 Å². The monoisotopic (exact) mass is 337 g/mol. The zero-order valence-electron chi connectivity index (χ0n) is 12.8. The maximum atomic E-state index is 6.44. The summed E-state index contributed by atoms with van der Waals surface area (Å²) in [7, 11) is 1.55. The van der Waals surface area contributed by atoms with E-state index in [0.29, 0.717) is 0 Å². The molecule has 0 aliphatic carbocycles. The van der Waals surface area contributed by atoms with E-state index in [9.17, 15) is 0 Å². The topological polar surface area (TPSA) is 21.7 Å². The number of nitrogens with zero attached hydrogens (tertiary/aromatic N) is 1. The van der Waals surface area contributed by atoms with Crippen LogP contribution in [-0.2, 0) is 22.7 Å². The van der Waals surface area contributed by atoms with Crippen molar-refractivity contribution < 1.29 is 9.78 Å². The minimum absolute atomic E-state index is 0.0710. The number of fused-ring (bicyclic) bond motifs is 1. The SMILES string of the molecule is COOC(C)[C@H](c1ccccc1Cl)N1CCc2sccc2C1. The highest BCUT2D eigenvalue weighted by Crippen LogP contribution is 2.36. The number of halogens is 1. The van der Waals surface area contributed by atoms with Crippen molar-refractivity contribution in [1.29, 1.82) is 0 Å². The van der Waals surface area contributed by atoms with Crippen LogP contribution in [-0.4, -0.2) is 24.7 Å². The van der Waals surface area contributed by atoms with Gasteiger partial charge in [-0.3, -0.25) is 4.90 Å². The molecule has 3 rings (SSSR count). The minimum atomic E-state index is -0.106. The summed E-state index contributed by atoms with van der Waals surface area (Å²) >= 11 is 8.29. The number of rotatable bonds is 5. The zero-order chi connectivity index (χ0) is 15.5. The number of hydrogen-bond acceptors (Lipinski definition) is 4. The maximum Gasteiger partial charge on any atom is 0.110 e. The Balaban J connectivity index is 1.91. The van der Waals surface area contributed by atoms with Crippen LogP contribution in [0.2, 0.25) is 5.02 Å². The third kappa shape index (κ3) is 3.21. The first-order valence-corrected chi connectivity index (χ1v) is 8.69. The lowest BCUT2D eigenvalue weighted by molar-refractivity contribution is -0.312. The fraction of sp³-hybridized carbons (Fsp3) is 0.412. The van der Waals surface area contributed by atoms with Crippen LogP contribution in [0.25, 0.3) is 0 Å². The molecule has 0 fully saturated rings. The molecule has 3 nitrogen and oxygen atoms in total. The van der Waals surface area contributed by atoms with Crippen LogP contribution in [0.5, 0.6) is 0 Å². The fourth-order valence-electron chi connectivity index (χ4n) is 3.17. The van der Waals surface area contributed by atoms with Crippen LogP contribution in [0, 0.1) is 0 Å². The van der Waals surface area contributed by atoms with E-state index < -0.39 is 0 Å². The van der Waals surface area contributed by atoms with Gasteiger partial charge in [0.2, 0.25) is 0 Å². The van der Waals surface area contributed by atoms with Crippen molar-refractivity contribution in [2.24, 2.45) is 0 Å². The molecule has 0 saturated heterocycles. The Hall–Kier alpha value is -0.910. The Morgan fingerprint density at radius 1 is 1.27 bits per heavy atom. The zero-order valence-corrected chi connectivity index (χ0v) is 14.4. The van der Waals surface area contributed by atoms with Crippen molar-refractivity contribution in [3.05, 3.63) is 56.7 Å². The Labute approximate surface area is 140 Å². The van der Waals surface area contributed by atoms with Gasteiger partial charge in [0, 0.05) is 23.0 Å². The molecule has 2 atom stereocenters. The maximum absolute atomic E-state index is 6.44. The first kappa shape index (κ1) is 16.0. The van der Waals surface area contributed by atoms with Crippen molar-refractivity contribution in [2.45, 2.75) is 32.0 Å². The van der Waals surface area contributed by atoms with E-state index in [1.807, 2.05) is 36.5 Å². The summed E-state index contributed by atoms with van der Waals surface area (Å²) < 4.78 is 0. The van der Waals surface area contributed by atoms with Crippen molar-refractivity contribution >= 4 is 22.9 Å². The predicted molar refractivity (Wildman–Crippen MR) is 90.2 cm³/mol. The first-order valence-electron chi connectivity index (χ1n) is 7.44. The quantitative estimate of drug-likeness (QED) is 0.593. The highest BCUT2D eigenvalue weighted by Gasteiger charge is 2.31. The highest BCUT2D eigenvalue weighted by molar-refractivity contribution is 7.10. The molecular formula is C17H20ClNO2S. The highest BCUT2D eigenvalue weighted by atomic mass is 35.5. The Morgan fingerprint density at radius 2 is 2.09 bits per heavy atom. The first-order chi connectivity index (χ1) is 10.7. The van der Waals surface area contributed by atoms with Crippen LogP contribution >= 0.6 is 22.9 Å². The molecule has 2 aromatic rings. The van der Waals surface area contributed by atoms with E-state index >= 15 is 0 Å². The lowest BCUT2D eigenvalue weighted by Crippen LogP contribution is -2.39. The third-order valence-electron chi connectivity index (χ3n) is 4.15. The normalized spacial score (nSPS) is 18.0. The van der Waals surface area contributed by atoms with Gasteiger partial charge in [-0.25, -0.2) is 9.78 Å². The van der Waals surface area contributed by atoms with E-state index in [4.69, 9.17) is 21.4 Å². The van der Waals surface area contributed by atoms with Crippen molar-refractivity contribution in [2.75, 3.05) is 13.7 Å². The van der Waals surface area contributed by atoms with Crippen LogP contribution in [0.1, 0.15) is 29.0 Å². The molecule has 1 aliphatic heterocycles. The largest absolute Gasteiger partial charge is 0.289 e. The second-order valence-electron chi connectivity index (χ2n) is 5.52. The average Bonchev–Trinajstić information content (AvgIpc) is 2.97. The Kier molecular flexibility index (Phi) is 5.16. The van der Waals surface area contributed by atoms with E-state index in [1.165, 1.54) is 10.4 Å². The molecule has 0 amide bonds. The van der Waals surface area contributed by atoms with Crippen molar-refractivity contribution in [3.8, 4) is 0 Å². The summed E-state index contributed by atoms with van der Waals surface area (Å²) in [5, 5.41) is 2.95. The molecular weight excluding hydrogens is 318 g/mol. The van der Waals surface area contributed by atoms with Crippen molar-refractivity contribution in [1.82, 2.24) is 4.90 Å². The Morgan fingerprint density at radius 3 is 2.86 bits per heavy atom. The van der Waals surface area contributed by atoms with Crippen molar-refractivity contribution in [3.63, 3.8) is 0 Å². The Bertz CT molecular complexity index is 631. The molecule has 0 bridgehead atoms. The fourth-order valence-corrected chi connectivity index (χ4v) is 4.31. The molecule has 118 valence electrons. The number of thiophene rings is 1. The molecule has 0 N–H and O–H groups in total. The molecule has 1 unspecified atom stereocenters. The lowest BCUT2D eigenvalue weighted by Gasteiger charge is -2.37. The summed E-state index contributed by atoms with van der Waals surface area (Å²) in [6.45, 7) is 3.95. The third-order valence-corrected chi connectivity index (χ3v) is 5.51. The van der Waals surface area contributed by atoms with Gasteiger partial charge in [0.15, 0.2) is 0 Å². The predicted octanol–water partition coefficient (Wildman–Crippen LogP) is 4.47. The molecule has 1 aromatic heterocycles. The molecule has 0 radical (unpaired) electrons. The van der Waals surface area contributed by atoms with Gasteiger partial charge in [-0.2, -0.15) is 0 Å². The smallest absolute Gasteiger partial charge is 0.110 e. The van der Waals surface area contributed by atoms with Gasteiger partial charge in [0.1, 0.15) is 6.10 Å². The second-order valence-corrected chi connectivity index (χ2v) is 6.93. The summed E-state index contributed by atoms with van der Waals surface area (Å²) in [6.07, 6.45) is 0.971. The average molecular weight is 338 g/mol. The summed E-state index contributed by atoms with van der Waals surface area (Å²) in [5.74, 6) is 0. The summed E-state index contributed by atoms with van der Waals surface area (Å²) in [5.41, 5.74) is 2.50. The molecule has 0 saturated carbocycles. The summed E-state index contributed by atoms with van der Waals surface area (Å²) in [6, 6.07) is 10.3. The van der Waals surface area contributed by atoms with Crippen LogP contribution < -0.4 is 0 Å². The van der Waals surface area contributed by atoms with E-state index in [2.05, 4.69) is 22.4 Å². The van der Waals surface area contributed by atoms with Gasteiger partial charge >= 0.3 is 0 Å². The van der Waals surface area contributed by atoms with Gasteiger partial charge in [0.05, 0.1) is 13.2 Å². The minimum Gasteiger partial charge on any atom is -0.289 e. The molecule has 1 aliphatic rings. The molecule has 0 spiro atoms. The van der Waals surface area contributed by atoms with E-state index in [0.717, 1.165) is 30.1 Å². The standard InChI is InChI=1S/C17H20ClNO2S/c1-12(21-20-2)17(14-5-3-4-6-15(14)18)19-9-7-16-13(11-19)8-10-22-16/h3-6,8,10,12,17H,7,9,11H2,1-2H3/t12?,17-/m1/s1. The van der Waals surface area contributed by atoms with E-state index in [-0.39, 0.29) is 12.1 Å². The van der Waals surface area contributed by atoms with Crippen LogP contribution in [0.4, 0.5) is 0 Å². The summed E-state index contributed by atoms with van der Waals surface area (Å²) in [4.78, 5) is 14.3. The second kappa shape index (κ2) is 7.11. The molecule has 2 heterocycles. The van der Waals surface area contributed by atoms with Crippen LogP contribution in [0.15, 0.2) is 35.7 Å². The van der Waals surface area contributed by atoms with Crippen LogP contribution in [0.3, 0.4) is 0 Å². The van der Waals surface area contributed by atoms with Gasteiger partial charge in [-0.1, -0.05) is 29.8 Å². The van der Waals surface area contributed by atoms with E-state index in [1.54, 1.807) is 7.11 Å². The number of hydrogen-bond donors (Lipinski definition) is 0. The molecule has 1 aromatic carbocycles. The van der Waals surface area contributed by atoms with Gasteiger partial charge in [-0.05, 0) is 42.0 Å². The van der Waals surface area contributed by atoms with Gasteiger partial charge < -0.3 is 0 Å². The lowest BCUT2D eigenvalue weighted by atomic mass is 9.97. The van der Waals surface area contributed by atoms with Gasteiger partial charge in [0.25, 0.3) is 0 Å². The molecule has 5 heteroatoms. The molecule has 22 heavy (non-hydrogen) atoms. The number of benzene rings is 1.